The van der Waals surface area contributed by atoms with Crippen molar-refractivity contribution in [1.29, 1.82) is 0 Å². The first-order chi connectivity index (χ1) is 8.99. The lowest BCUT2D eigenvalue weighted by Crippen LogP contribution is -2.09. The summed E-state index contributed by atoms with van der Waals surface area (Å²) in [5.41, 5.74) is 6.14. The third kappa shape index (κ3) is 2.65. The number of benzene rings is 1. The Balaban J connectivity index is 2.23. The highest BCUT2D eigenvalue weighted by Crippen LogP contribution is 2.22. The highest BCUT2D eigenvalue weighted by molar-refractivity contribution is 5.94. The molecule has 0 radical (unpaired) electrons. The normalized spacial score (nSPS) is 10.4. The van der Waals surface area contributed by atoms with Crippen molar-refractivity contribution in [3.05, 3.63) is 41.5 Å². The number of nitrogens with two attached hydrogens (primary N) is 1. The summed E-state index contributed by atoms with van der Waals surface area (Å²) in [6.45, 7) is 0.330. The van der Waals surface area contributed by atoms with Crippen molar-refractivity contribution in [2.45, 2.75) is 6.54 Å². The quantitative estimate of drug-likeness (QED) is 0.727. The van der Waals surface area contributed by atoms with Crippen LogP contribution in [0.2, 0.25) is 0 Å². The van der Waals surface area contributed by atoms with Crippen molar-refractivity contribution in [2.24, 2.45) is 7.05 Å². The number of carboxylic acids is 1. The fourth-order valence-corrected chi connectivity index (χ4v) is 1.67. The molecule has 0 aliphatic heterocycles. The maximum atomic E-state index is 13.7. The Kier molecular flexibility index (Phi) is 3.37. The van der Waals surface area contributed by atoms with Crippen LogP contribution in [0, 0.1) is 5.82 Å². The van der Waals surface area contributed by atoms with Gasteiger partial charge in [-0.3, -0.25) is 4.68 Å². The summed E-state index contributed by atoms with van der Waals surface area (Å²) in [6.07, 6.45) is 1.62. The van der Waals surface area contributed by atoms with Gasteiger partial charge < -0.3 is 16.2 Å². The number of nitrogen functional groups attached to an aromatic ring is 1. The van der Waals surface area contributed by atoms with Crippen LogP contribution in [0.4, 0.5) is 15.8 Å². The van der Waals surface area contributed by atoms with Crippen LogP contribution in [-0.4, -0.2) is 20.9 Å². The average Bonchev–Trinajstić information content (AvgIpc) is 2.73. The van der Waals surface area contributed by atoms with Gasteiger partial charge in [0.25, 0.3) is 0 Å². The van der Waals surface area contributed by atoms with Crippen LogP contribution in [0.25, 0.3) is 0 Å². The number of anilines is 2. The van der Waals surface area contributed by atoms with E-state index in [9.17, 15) is 9.18 Å². The monoisotopic (exact) mass is 264 g/mol. The average molecular weight is 264 g/mol. The topological polar surface area (TPSA) is 93.2 Å². The third-order valence-corrected chi connectivity index (χ3v) is 2.75. The molecule has 7 heteroatoms. The van der Waals surface area contributed by atoms with Crippen LogP contribution in [0.1, 0.15) is 16.1 Å². The lowest BCUT2D eigenvalue weighted by atomic mass is 10.1. The number of nitrogens with zero attached hydrogens (tertiary/aromatic N) is 2. The molecule has 0 saturated carbocycles. The number of hydrogen-bond acceptors (Lipinski definition) is 4. The van der Waals surface area contributed by atoms with E-state index in [0.717, 1.165) is 11.8 Å². The van der Waals surface area contributed by atoms with E-state index < -0.39 is 11.8 Å². The van der Waals surface area contributed by atoms with Gasteiger partial charge in [0.15, 0.2) is 0 Å². The second-order valence-electron chi connectivity index (χ2n) is 4.02. The van der Waals surface area contributed by atoms with Crippen molar-refractivity contribution in [3.63, 3.8) is 0 Å². The van der Waals surface area contributed by atoms with Crippen LogP contribution in [0.15, 0.2) is 24.4 Å². The molecule has 1 aromatic carbocycles. The second-order valence-corrected chi connectivity index (χ2v) is 4.02. The molecule has 0 aliphatic carbocycles. The minimum atomic E-state index is -1.19. The Morgan fingerprint density at radius 3 is 2.89 bits per heavy atom. The molecule has 4 N–H and O–H groups in total. The van der Waals surface area contributed by atoms with Crippen LogP contribution in [0.3, 0.4) is 0 Å². The van der Waals surface area contributed by atoms with Gasteiger partial charge in [0.05, 0.1) is 23.5 Å². The number of carboxylic acid groups (broad SMARTS) is 1. The Morgan fingerprint density at radius 1 is 1.58 bits per heavy atom. The number of aromatic nitrogens is 2. The van der Waals surface area contributed by atoms with E-state index in [2.05, 4.69) is 10.4 Å². The van der Waals surface area contributed by atoms with E-state index in [1.165, 1.54) is 6.07 Å². The molecule has 1 aromatic heterocycles. The van der Waals surface area contributed by atoms with Crippen molar-refractivity contribution in [1.82, 2.24) is 9.78 Å². The smallest absolute Gasteiger partial charge is 0.337 e. The molecule has 0 atom stereocenters. The van der Waals surface area contributed by atoms with Gasteiger partial charge in [0.2, 0.25) is 0 Å². The zero-order valence-electron chi connectivity index (χ0n) is 10.2. The van der Waals surface area contributed by atoms with Crippen molar-refractivity contribution < 1.29 is 14.3 Å². The van der Waals surface area contributed by atoms with Gasteiger partial charge >= 0.3 is 5.97 Å². The zero-order valence-corrected chi connectivity index (χ0v) is 10.2. The van der Waals surface area contributed by atoms with E-state index in [4.69, 9.17) is 10.8 Å². The van der Waals surface area contributed by atoms with Gasteiger partial charge in [-0.15, -0.1) is 0 Å². The van der Waals surface area contributed by atoms with Crippen LogP contribution in [-0.2, 0) is 13.6 Å². The summed E-state index contributed by atoms with van der Waals surface area (Å²) in [5, 5.41) is 15.7. The van der Waals surface area contributed by atoms with Gasteiger partial charge in [0, 0.05) is 18.9 Å². The van der Waals surface area contributed by atoms with Crippen LogP contribution < -0.4 is 11.1 Å². The van der Waals surface area contributed by atoms with Gasteiger partial charge in [-0.25, -0.2) is 9.18 Å². The highest BCUT2D eigenvalue weighted by atomic mass is 19.1. The summed E-state index contributed by atoms with van der Waals surface area (Å²) < 4.78 is 15.3. The molecule has 1 heterocycles. The summed E-state index contributed by atoms with van der Waals surface area (Å²) in [4.78, 5) is 10.9. The number of halogens is 1. The SMILES string of the molecule is Cn1nccc1CNc1cc(C(=O)O)c(N)cc1F. The predicted octanol–water partition coefficient (Wildman–Crippen LogP) is 1.45. The number of aromatic carboxylic acids is 1. The minimum Gasteiger partial charge on any atom is -0.478 e. The molecule has 0 amide bonds. The number of nitrogens with one attached hydrogen (secondary N) is 1. The fourth-order valence-electron chi connectivity index (χ4n) is 1.67. The molecule has 0 aliphatic rings. The molecule has 0 saturated heterocycles. The summed E-state index contributed by atoms with van der Waals surface area (Å²) in [7, 11) is 1.76. The van der Waals surface area contributed by atoms with Crippen molar-refractivity contribution in [2.75, 3.05) is 11.1 Å². The molecule has 6 nitrogen and oxygen atoms in total. The van der Waals surface area contributed by atoms with Crippen molar-refractivity contribution in [3.8, 4) is 0 Å². The van der Waals surface area contributed by atoms with Gasteiger partial charge in [-0.1, -0.05) is 0 Å². The summed E-state index contributed by atoms with van der Waals surface area (Å²) in [6, 6.07) is 3.96. The molecule has 2 aromatic rings. The second kappa shape index (κ2) is 4.97. The molecule has 0 unspecified atom stereocenters. The van der Waals surface area contributed by atoms with Crippen molar-refractivity contribution >= 4 is 17.3 Å². The van der Waals surface area contributed by atoms with E-state index in [1.807, 2.05) is 0 Å². The Hall–Kier alpha value is -2.57. The zero-order chi connectivity index (χ0) is 14.0. The van der Waals surface area contributed by atoms with Gasteiger partial charge in [-0.05, 0) is 18.2 Å². The lowest BCUT2D eigenvalue weighted by Gasteiger charge is -2.10. The maximum Gasteiger partial charge on any atom is 0.337 e. The van der Waals surface area contributed by atoms with E-state index in [0.29, 0.717) is 6.54 Å². The molecule has 19 heavy (non-hydrogen) atoms. The molecular weight excluding hydrogens is 251 g/mol. The van der Waals surface area contributed by atoms with Gasteiger partial charge in [-0.2, -0.15) is 5.10 Å². The fraction of sp³-hybridized carbons (Fsp3) is 0.167. The number of aryl methyl sites for hydroxylation is 1. The third-order valence-electron chi connectivity index (χ3n) is 2.75. The first-order valence-electron chi connectivity index (χ1n) is 5.52. The van der Waals surface area contributed by atoms with E-state index in [1.54, 1.807) is 24.0 Å². The van der Waals surface area contributed by atoms with Crippen LogP contribution in [0.5, 0.6) is 0 Å². The Bertz CT molecular complexity index is 624. The molecule has 0 fully saturated rings. The first-order valence-corrected chi connectivity index (χ1v) is 5.52. The summed E-state index contributed by atoms with van der Waals surface area (Å²) in [5.74, 6) is -1.79. The minimum absolute atomic E-state index is 0.0906. The molecule has 0 spiro atoms. The molecule has 2 rings (SSSR count). The highest BCUT2D eigenvalue weighted by Gasteiger charge is 2.13. The lowest BCUT2D eigenvalue weighted by molar-refractivity contribution is 0.0698. The number of rotatable bonds is 4. The van der Waals surface area contributed by atoms with E-state index in [-0.39, 0.29) is 16.9 Å². The maximum absolute atomic E-state index is 13.7. The molecule has 0 bridgehead atoms. The molecular formula is C12H13FN4O2. The number of carbonyl (C=O) groups is 1. The Morgan fingerprint density at radius 2 is 2.32 bits per heavy atom. The molecule has 100 valence electrons. The van der Waals surface area contributed by atoms with E-state index >= 15 is 0 Å². The predicted molar refractivity (Wildman–Crippen MR) is 68.3 cm³/mol. The standard InChI is InChI=1S/C12H13FN4O2/c1-17-7(2-3-16-17)6-15-11-4-8(12(18)19)10(14)5-9(11)13/h2-5,15H,6,14H2,1H3,(H,18,19). The Labute approximate surface area is 108 Å². The number of hydrogen-bond donors (Lipinski definition) is 3. The van der Waals surface area contributed by atoms with Gasteiger partial charge in [0.1, 0.15) is 5.82 Å². The largest absolute Gasteiger partial charge is 0.478 e. The van der Waals surface area contributed by atoms with Crippen LogP contribution >= 0.6 is 0 Å². The summed E-state index contributed by atoms with van der Waals surface area (Å²) >= 11 is 0. The first kappa shape index (κ1) is 12.9.